The molecular formula is C74H80O4S4. The van der Waals surface area contributed by atoms with Gasteiger partial charge in [-0.3, -0.25) is 19.2 Å². The molecule has 4 aromatic carbocycles. The van der Waals surface area contributed by atoms with Gasteiger partial charge in [0.05, 0.1) is 11.1 Å². The molecule has 4 nitrogen and oxygen atoms in total. The van der Waals surface area contributed by atoms with E-state index in [4.69, 9.17) is 0 Å². The summed E-state index contributed by atoms with van der Waals surface area (Å²) >= 11 is 6.69. The minimum atomic E-state index is -0.194. The maximum absolute atomic E-state index is 14.3. The molecular weight excluding hydrogens is 1080 g/mol. The average Bonchev–Trinajstić information content (AvgIpc) is 3.09. The Balaban J connectivity index is 1.29. The molecule has 0 unspecified atom stereocenters. The Bertz CT molecular complexity index is 4000. The number of hydrogen-bond donors (Lipinski definition) is 0. The first kappa shape index (κ1) is 59.3. The predicted octanol–water partition coefficient (Wildman–Crippen LogP) is 18.6. The summed E-state index contributed by atoms with van der Waals surface area (Å²) in [5.41, 5.74) is 18.2. The van der Waals surface area contributed by atoms with Gasteiger partial charge in [-0.1, -0.05) is 159 Å². The first-order chi connectivity index (χ1) is 38.9. The first-order valence-electron chi connectivity index (χ1n) is 29.9. The summed E-state index contributed by atoms with van der Waals surface area (Å²) in [5.74, 6) is 2.08. The minimum absolute atomic E-state index is 0.185. The van der Waals surface area contributed by atoms with Crippen LogP contribution in [0.5, 0.6) is 0 Å². The number of Topliss-reactive ketones (excluding diaryl/α,β-unsaturated/α-hetero) is 4. The number of ketones is 4. The fourth-order valence-corrected chi connectivity index (χ4v) is 17.1. The summed E-state index contributed by atoms with van der Waals surface area (Å²) < 4.78 is 8.09. The summed E-state index contributed by atoms with van der Waals surface area (Å²) in [6, 6.07) is 34.4. The molecule has 2 aliphatic carbocycles. The normalized spacial score (nSPS) is 16.4. The molecule has 0 spiro atoms. The highest BCUT2D eigenvalue weighted by molar-refractivity contribution is 7.14. The number of fused-ring (bicyclic) bond motifs is 2. The van der Waals surface area contributed by atoms with Gasteiger partial charge in [0.1, 0.15) is 0 Å². The monoisotopic (exact) mass is 1160 g/mol. The van der Waals surface area contributed by atoms with E-state index in [1.165, 1.54) is 87.4 Å². The fraction of sp³-hybridized carbons (Fsp3) is 0.378. The molecule has 82 heavy (non-hydrogen) atoms. The summed E-state index contributed by atoms with van der Waals surface area (Å²) in [4.78, 5) is 57.0. The maximum atomic E-state index is 14.3. The van der Waals surface area contributed by atoms with Crippen LogP contribution < -0.4 is 9.06 Å². The van der Waals surface area contributed by atoms with Gasteiger partial charge in [0, 0.05) is 58.5 Å². The van der Waals surface area contributed by atoms with Crippen LogP contribution in [0.25, 0.3) is 11.1 Å². The van der Waals surface area contributed by atoms with Gasteiger partial charge in [-0.25, -0.2) is 0 Å². The van der Waals surface area contributed by atoms with E-state index >= 15 is 0 Å². The molecule has 8 aromatic rings. The van der Waals surface area contributed by atoms with Gasteiger partial charge < -0.3 is 0 Å². The lowest BCUT2D eigenvalue weighted by Crippen LogP contribution is -2.10. The Morgan fingerprint density at radius 1 is 0.317 bits per heavy atom. The van der Waals surface area contributed by atoms with Crippen molar-refractivity contribution in [2.24, 2.45) is 11.8 Å². The van der Waals surface area contributed by atoms with E-state index in [0.29, 0.717) is 78.7 Å². The Kier molecular flexibility index (Phi) is 17.1. The molecule has 0 aliphatic heterocycles. The van der Waals surface area contributed by atoms with E-state index in [1.54, 1.807) is 0 Å². The summed E-state index contributed by atoms with van der Waals surface area (Å²) in [6.07, 6.45) is 3.16. The van der Waals surface area contributed by atoms with Crippen molar-refractivity contribution >= 4 is 79.6 Å². The zero-order valence-electron chi connectivity index (χ0n) is 51.0. The van der Waals surface area contributed by atoms with Gasteiger partial charge in [0.2, 0.25) is 0 Å². The third-order valence-corrected chi connectivity index (χ3v) is 21.7. The molecule has 2 aliphatic rings. The van der Waals surface area contributed by atoms with E-state index < -0.39 is 0 Å². The van der Waals surface area contributed by atoms with Crippen LogP contribution in [-0.4, -0.2) is 23.1 Å². The van der Waals surface area contributed by atoms with E-state index in [9.17, 15) is 19.2 Å². The predicted molar refractivity (Wildman–Crippen MR) is 347 cm³/mol. The number of rotatable bonds is 14. The number of carbonyl (C=O) groups is 4. The molecule has 0 bridgehead atoms. The van der Waals surface area contributed by atoms with E-state index in [0.717, 1.165) is 54.9 Å². The summed E-state index contributed by atoms with van der Waals surface area (Å²) in [5, 5.41) is 0. The summed E-state index contributed by atoms with van der Waals surface area (Å²) in [7, 11) is 0. The molecule has 4 heterocycles. The van der Waals surface area contributed by atoms with Crippen molar-refractivity contribution < 1.29 is 19.2 Å². The number of carbonyl (C=O) groups excluding carboxylic acids is 4. The molecule has 0 saturated heterocycles. The van der Waals surface area contributed by atoms with Crippen LogP contribution in [0.15, 0.2) is 97.1 Å². The molecule has 0 radical (unpaired) electrons. The lowest BCUT2D eigenvalue weighted by atomic mass is 9.82. The zero-order chi connectivity index (χ0) is 58.9. The lowest BCUT2D eigenvalue weighted by molar-refractivity contribution is 0.101. The van der Waals surface area contributed by atoms with Crippen LogP contribution in [-0.2, 0) is 25.7 Å². The largest absolute Gasteiger partial charge is 0.288 e. The first-order valence-corrected chi connectivity index (χ1v) is 33.1. The Labute approximate surface area is 501 Å². The highest BCUT2D eigenvalue weighted by Gasteiger charge is 2.36. The molecule has 0 saturated carbocycles. The Morgan fingerprint density at radius 3 is 0.939 bits per heavy atom. The second-order valence-electron chi connectivity index (χ2n) is 25.9. The molecule has 0 N–H and O–H groups in total. The quantitative estimate of drug-likeness (QED) is 0.109. The van der Waals surface area contributed by atoms with Gasteiger partial charge >= 0.3 is 0 Å². The fourth-order valence-electron chi connectivity index (χ4n) is 12.3. The SMILES string of the molecule is CC(C)Cc1ccc2c(c1)C(=O)/C(=c1\cc/c(=c3/cc(Cc4c(C(C)C)cc(C(C)C)cc4C(C)C)/c(=c4\s/c(=c5\cc/c(=C6/C(=O)c7ccc(CC(C)C)cc7C6=O)s5)cc4Cc4c(C(C)C)cc(C(C)C)cc4C(C)C)s3)s1)C2=O. The molecule has 10 rings (SSSR count). The van der Waals surface area contributed by atoms with Crippen molar-refractivity contribution in [1.82, 2.24) is 0 Å². The van der Waals surface area contributed by atoms with Crippen LogP contribution in [0.1, 0.15) is 254 Å². The second-order valence-corrected chi connectivity index (χ2v) is 30.2. The highest BCUT2D eigenvalue weighted by atomic mass is 32.1. The zero-order valence-corrected chi connectivity index (χ0v) is 54.2. The third kappa shape index (κ3) is 11.4. The Hall–Kier alpha value is -5.90. The molecule has 0 amide bonds. The van der Waals surface area contributed by atoms with Crippen LogP contribution in [0.3, 0.4) is 0 Å². The lowest BCUT2D eigenvalue weighted by Gasteiger charge is -2.23. The van der Waals surface area contributed by atoms with Crippen molar-refractivity contribution in [3.63, 3.8) is 0 Å². The minimum Gasteiger partial charge on any atom is -0.288 e. The number of thiophene rings is 4. The maximum Gasteiger partial charge on any atom is 0.199 e. The molecule has 424 valence electrons. The van der Waals surface area contributed by atoms with Crippen molar-refractivity contribution in [3.8, 4) is 0 Å². The van der Waals surface area contributed by atoms with Crippen LogP contribution >= 0.6 is 45.3 Å². The van der Waals surface area contributed by atoms with Crippen molar-refractivity contribution in [1.29, 1.82) is 0 Å². The molecule has 0 fully saturated rings. The van der Waals surface area contributed by atoms with Gasteiger partial charge in [-0.2, -0.15) is 0 Å². The van der Waals surface area contributed by atoms with Gasteiger partial charge in [-0.15, -0.1) is 45.3 Å². The number of hydrogen-bond acceptors (Lipinski definition) is 8. The standard InChI is InChI=1S/C74H80O4S4/c1-37(2)25-45-17-19-51-59(27-45)71(77)67(69(51)75)63-23-21-61(79-63)65-35-49(33-57-53(41(9)10)29-47(39(5)6)30-54(57)42(11)12)73(81-65)74-50(34-58-55(43(13)14)31-48(40(7)8)32-56(58)44(15)16)36-66(82-74)62-22-24-64(80-62)68-70(76)52-20-18-46(26-38(3)4)28-60(52)72(68)78/h17-24,27-32,35-44H,25-26,33-34H2,1-16H3/b65-61+,66-62+,67-63+,68-64+,74-73+. The van der Waals surface area contributed by atoms with E-state index in [2.05, 4.69) is 159 Å². The topological polar surface area (TPSA) is 68.3 Å². The van der Waals surface area contributed by atoms with Gasteiger partial charge in [0.15, 0.2) is 23.1 Å². The van der Waals surface area contributed by atoms with Crippen molar-refractivity contribution in [3.05, 3.63) is 222 Å². The van der Waals surface area contributed by atoms with Crippen molar-refractivity contribution in [2.45, 2.75) is 172 Å². The van der Waals surface area contributed by atoms with E-state index in [-0.39, 0.29) is 34.3 Å². The highest BCUT2D eigenvalue weighted by Crippen LogP contribution is 2.39. The molecule has 0 atom stereocenters. The van der Waals surface area contributed by atoms with E-state index in [1.807, 2.05) is 71.2 Å². The Morgan fingerprint density at radius 2 is 0.634 bits per heavy atom. The van der Waals surface area contributed by atoms with Gasteiger partial charge in [-0.05, 0) is 188 Å². The third-order valence-electron chi connectivity index (χ3n) is 16.6. The smallest absolute Gasteiger partial charge is 0.199 e. The van der Waals surface area contributed by atoms with Crippen LogP contribution in [0.2, 0.25) is 0 Å². The molecule has 4 aromatic heterocycles. The van der Waals surface area contributed by atoms with Gasteiger partial charge in [0.25, 0.3) is 0 Å². The molecule has 8 heteroatoms. The number of benzene rings is 4. The second kappa shape index (κ2) is 23.6. The average molecular weight is 1160 g/mol. The van der Waals surface area contributed by atoms with Crippen molar-refractivity contribution in [2.75, 3.05) is 0 Å². The summed E-state index contributed by atoms with van der Waals surface area (Å²) in [6.45, 7) is 36.4. The van der Waals surface area contributed by atoms with Crippen LogP contribution in [0.4, 0.5) is 0 Å². The van der Waals surface area contributed by atoms with Crippen LogP contribution in [0, 0.1) is 39.0 Å².